The quantitative estimate of drug-likeness (QED) is 0.906. The fourth-order valence-electron chi connectivity index (χ4n) is 2.55. The van der Waals surface area contributed by atoms with Crippen LogP contribution in [-0.2, 0) is 0 Å². The summed E-state index contributed by atoms with van der Waals surface area (Å²) >= 11 is 0. The Morgan fingerprint density at radius 2 is 1.89 bits per heavy atom. The van der Waals surface area contributed by atoms with Crippen molar-refractivity contribution < 1.29 is 13.2 Å². The van der Waals surface area contributed by atoms with Crippen molar-refractivity contribution in [2.75, 3.05) is 32.9 Å². The molecule has 0 aromatic heterocycles. The molecule has 2 nitrogen and oxygen atoms in total. The summed E-state index contributed by atoms with van der Waals surface area (Å²) in [7, 11) is 0. The van der Waals surface area contributed by atoms with E-state index in [0.717, 1.165) is 26.2 Å². The minimum absolute atomic E-state index is 0.194. The van der Waals surface area contributed by atoms with Crippen LogP contribution >= 0.6 is 0 Å². The zero-order valence-corrected chi connectivity index (χ0v) is 11.1. The minimum atomic E-state index is -0.836. The van der Waals surface area contributed by atoms with Crippen molar-refractivity contribution in [2.45, 2.75) is 19.4 Å². The highest BCUT2D eigenvalue weighted by atomic mass is 19.2. The van der Waals surface area contributed by atoms with Crippen LogP contribution in [0.25, 0.3) is 0 Å². The minimum Gasteiger partial charge on any atom is -0.314 e. The molecule has 5 heteroatoms. The van der Waals surface area contributed by atoms with Crippen LogP contribution in [0.2, 0.25) is 0 Å². The van der Waals surface area contributed by atoms with E-state index < -0.39 is 18.3 Å². The van der Waals surface area contributed by atoms with Crippen LogP contribution in [0.15, 0.2) is 12.1 Å². The second kappa shape index (κ2) is 6.39. The average molecular weight is 272 g/mol. The highest BCUT2D eigenvalue weighted by Crippen LogP contribution is 2.29. The molecule has 1 atom stereocenters. The van der Waals surface area contributed by atoms with E-state index in [-0.39, 0.29) is 23.6 Å². The van der Waals surface area contributed by atoms with E-state index in [9.17, 15) is 13.2 Å². The third-order valence-electron chi connectivity index (χ3n) is 3.64. The molecule has 0 unspecified atom stereocenters. The molecule has 1 aromatic carbocycles. The first-order valence-corrected chi connectivity index (χ1v) is 6.60. The Morgan fingerprint density at radius 1 is 1.21 bits per heavy atom. The third-order valence-corrected chi connectivity index (χ3v) is 3.64. The van der Waals surface area contributed by atoms with Crippen LogP contribution < -0.4 is 5.32 Å². The van der Waals surface area contributed by atoms with Gasteiger partial charge in [0.15, 0.2) is 11.6 Å². The standard InChI is InChI=1S/C14H19F3N2/c1-10-2-3-11(14(17)13(10)16)12(4-5-15)19-8-6-18-7-9-19/h2-3,12,18H,4-9H2,1H3/t12-/m1/s1. The Balaban J connectivity index is 2.30. The van der Waals surface area contributed by atoms with Gasteiger partial charge in [0.1, 0.15) is 0 Å². The van der Waals surface area contributed by atoms with Crippen LogP contribution in [0, 0.1) is 18.6 Å². The van der Waals surface area contributed by atoms with E-state index in [1.807, 2.05) is 4.90 Å². The van der Waals surface area contributed by atoms with Crippen molar-refractivity contribution in [3.8, 4) is 0 Å². The molecule has 0 spiro atoms. The van der Waals surface area contributed by atoms with Gasteiger partial charge >= 0.3 is 0 Å². The highest BCUT2D eigenvalue weighted by molar-refractivity contribution is 5.28. The molecule has 1 heterocycles. The van der Waals surface area contributed by atoms with Gasteiger partial charge in [-0.3, -0.25) is 9.29 Å². The third kappa shape index (κ3) is 3.09. The Kier molecular flexibility index (Phi) is 4.82. The molecule has 1 saturated heterocycles. The fourth-order valence-corrected chi connectivity index (χ4v) is 2.55. The van der Waals surface area contributed by atoms with Gasteiger partial charge in [0.2, 0.25) is 0 Å². The number of alkyl halides is 1. The van der Waals surface area contributed by atoms with Gasteiger partial charge in [-0.25, -0.2) is 8.78 Å². The SMILES string of the molecule is Cc1ccc([C@@H](CCF)N2CCNCC2)c(F)c1F. The lowest BCUT2D eigenvalue weighted by Crippen LogP contribution is -2.45. The van der Waals surface area contributed by atoms with E-state index in [0.29, 0.717) is 0 Å². The highest BCUT2D eigenvalue weighted by Gasteiger charge is 2.26. The van der Waals surface area contributed by atoms with Crippen LogP contribution in [0.1, 0.15) is 23.6 Å². The smallest absolute Gasteiger partial charge is 0.163 e. The molecular formula is C14H19F3N2. The molecule has 1 fully saturated rings. The van der Waals surface area contributed by atoms with E-state index in [1.165, 1.54) is 6.92 Å². The summed E-state index contributed by atoms with van der Waals surface area (Å²) in [4.78, 5) is 2.02. The largest absolute Gasteiger partial charge is 0.314 e. The predicted octanol–water partition coefficient (Wildman–Crippen LogP) is 2.58. The van der Waals surface area contributed by atoms with E-state index in [2.05, 4.69) is 5.32 Å². The summed E-state index contributed by atoms with van der Waals surface area (Å²) in [6, 6.07) is 2.75. The number of nitrogens with one attached hydrogen (secondary N) is 1. The molecule has 106 valence electrons. The number of halogens is 3. The predicted molar refractivity (Wildman–Crippen MR) is 68.9 cm³/mol. The summed E-state index contributed by atoms with van der Waals surface area (Å²) < 4.78 is 40.4. The van der Waals surface area contributed by atoms with Crippen molar-refractivity contribution in [3.05, 3.63) is 34.9 Å². The first-order chi connectivity index (χ1) is 9.15. The molecule has 0 saturated carbocycles. The van der Waals surface area contributed by atoms with Gasteiger partial charge < -0.3 is 5.32 Å². The van der Waals surface area contributed by atoms with Gasteiger partial charge in [-0.1, -0.05) is 12.1 Å². The van der Waals surface area contributed by atoms with Gasteiger partial charge in [0.25, 0.3) is 0 Å². The number of hydrogen-bond acceptors (Lipinski definition) is 2. The fraction of sp³-hybridized carbons (Fsp3) is 0.571. The van der Waals surface area contributed by atoms with Crippen molar-refractivity contribution in [1.82, 2.24) is 10.2 Å². The van der Waals surface area contributed by atoms with Crippen LogP contribution in [0.3, 0.4) is 0 Å². The molecule has 1 aliphatic heterocycles. The summed E-state index contributed by atoms with van der Waals surface area (Å²) in [5.41, 5.74) is 0.545. The first-order valence-electron chi connectivity index (χ1n) is 6.60. The summed E-state index contributed by atoms with van der Waals surface area (Å²) in [5, 5.41) is 3.20. The van der Waals surface area contributed by atoms with Crippen molar-refractivity contribution in [3.63, 3.8) is 0 Å². The maximum Gasteiger partial charge on any atom is 0.163 e. The van der Waals surface area contributed by atoms with E-state index in [1.54, 1.807) is 12.1 Å². The van der Waals surface area contributed by atoms with Crippen molar-refractivity contribution >= 4 is 0 Å². The Bertz CT molecular complexity index is 431. The Labute approximate surface area is 111 Å². The molecule has 0 aliphatic carbocycles. The van der Waals surface area contributed by atoms with Gasteiger partial charge in [-0.15, -0.1) is 0 Å². The van der Waals surface area contributed by atoms with Gasteiger partial charge in [0.05, 0.1) is 6.67 Å². The average Bonchev–Trinajstić information content (AvgIpc) is 2.44. The lowest BCUT2D eigenvalue weighted by molar-refractivity contribution is 0.153. The number of nitrogens with zero attached hydrogens (tertiary/aromatic N) is 1. The van der Waals surface area contributed by atoms with Crippen molar-refractivity contribution in [1.29, 1.82) is 0 Å². The lowest BCUT2D eigenvalue weighted by Gasteiger charge is -2.35. The Morgan fingerprint density at radius 3 is 2.53 bits per heavy atom. The van der Waals surface area contributed by atoms with Gasteiger partial charge in [0, 0.05) is 37.8 Å². The summed E-state index contributed by atoms with van der Waals surface area (Å²) in [6.07, 6.45) is 0.194. The zero-order chi connectivity index (χ0) is 13.8. The van der Waals surface area contributed by atoms with E-state index in [4.69, 9.17) is 0 Å². The summed E-state index contributed by atoms with van der Waals surface area (Å²) in [5.74, 6) is -1.66. The number of rotatable bonds is 4. The monoisotopic (exact) mass is 272 g/mol. The topological polar surface area (TPSA) is 15.3 Å². The molecule has 0 amide bonds. The molecule has 1 aromatic rings. The molecule has 1 N–H and O–H groups in total. The molecule has 19 heavy (non-hydrogen) atoms. The molecule has 0 bridgehead atoms. The van der Waals surface area contributed by atoms with E-state index >= 15 is 0 Å². The van der Waals surface area contributed by atoms with Crippen LogP contribution in [0.5, 0.6) is 0 Å². The van der Waals surface area contributed by atoms with Crippen LogP contribution in [0.4, 0.5) is 13.2 Å². The number of benzene rings is 1. The zero-order valence-electron chi connectivity index (χ0n) is 11.1. The number of aryl methyl sites for hydroxylation is 1. The van der Waals surface area contributed by atoms with Crippen LogP contribution in [-0.4, -0.2) is 37.8 Å². The summed E-state index contributed by atoms with van der Waals surface area (Å²) in [6.45, 7) is 4.01. The second-order valence-electron chi connectivity index (χ2n) is 4.88. The number of hydrogen-bond donors (Lipinski definition) is 1. The molecule has 0 radical (unpaired) electrons. The lowest BCUT2D eigenvalue weighted by atomic mass is 9.99. The maximum atomic E-state index is 14.1. The number of piperazine rings is 1. The first kappa shape index (κ1) is 14.3. The van der Waals surface area contributed by atoms with Crippen molar-refractivity contribution in [2.24, 2.45) is 0 Å². The normalized spacial score (nSPS) is 18.5. The van der Waals surface area contributed by atoms with Gasteiger partial charge in [-0.05, 0) is 18.9 Å². The molecule has 2 rings (SSSR count). The Hall–Kier alpha value is -1.07. The maximum absolute atomic E-state index is 14.1. The second-order valence-corrected chi connectivity index (χ2v) is 4.88. The van der Waals surface area contributed by atoms with Gasteiger partial charge in [-0.2, -0.15) is 0 Å². The molecule has 1 aliphatic rings. The molecular weight excluding hydrogens is 253 g/mol.